The summed E-state index contributed by atoms with van der Waals surface area (Å²) in [5.41, 5.74) is 0. The van der Waals surface area contributed by atoms with Gasteiger partial charge in [0.1, 0.15) is 5.78 Å². The number of fused-ring (bicyclic) bond motifs is 1. The molecule has 68 valence electrons. The van der Waals surface area contributed by atoms with Crippen molar-refractivity contribution in [3.8, 4) is 0 Å². The van der Waals surface area contributed by atoms with Gasteiger partial charge in [-0.05, 0) is 31.6 Å². The van der Waals surface area contributed by atoms with Gasteiger partial charge in [-0.25, -0.2) is 3.11 Å². The molecule has 0 radical (unpaired) electrons. The van der Waals surface area contributed by atoms with E-state index in [1.54, 1.807) is 6.92 Å². The van der Waals surface area contributed by atoms with Crippen LogP contribution in [0.25, 0.3) is 0 Å². The lowest BCUT2D eigenvalue weighted by Gasteiger charge is -2.18. The molecule has 0 spiro atoms. The number of ketones is 1. The van der Waals surface area contributed by atoms with E-state index in [2.05, 4.69) is 26.0 Å². The third-order valence-corrected chi connectivity index (χ3v) is 4.24. The summed E-state index contributed by atoms with van der Waals surface area (Å²) in [6, 6.07) is 0.234. The molecule has 0 bridgehead atoms. The topological polar surface area (TPSA) is 20.3 Å². The normalized spacial score (nSPS) is 41.7. The van der Waals surface area contributed by atoms with Crippen LogP contribution in [0.1, 0.15) is 26.2 Å². The maximum Gasteiger partial charge on any atom is 0.147 e. The van der Waals surface area contributed by atoms with Crippen LogP contribution in [0, 0.1) is 11.8 Å². The van der Waals surface area contributed by atoms with E-state index in [1.165, 1.54) is 19.3 Å². The molecule has 12 heavy (non-hydrogen) atoms. The Morgan fingerprint density at radius 3 is 2.92 bits per heavy atom. The minimum atomic E-state index is 0.234. The van der Waals surface area contributed by atoms with E-state index in [9.17, 15) is 4.79 Å². The molecule has 1 saturated carbocycles. The average molecular weight is 279 g/mol. The zero-order valence-corrected chi connectivity index (χ0v) is 9.45. The molecule has 2 nitrogen and oxygen atoms in total. The van der Waals surface area contributed by atoms with E-state index in [-0.39, 0.29) is 6.04 Å². The quantitative estimate of drug-likeness (QED) is 0.540. The average Bonchev–Trinajstić information content (AvgIpc) is 2.44. The van der Waals surface area contributed by atoms with Gasteiger partial charge in [0, 0.05) is 29.4 Å². The van der Waals surface area contributed by atoms with Crippen molar-refractivity contribution in [2.24, 2.45) is 11.8 Å². The van der Waals surface area contributed by atoms with Gasteiger partial charge in [0.15, 0.2) is 0 Å². The number of carbonyl (C=O) groups is 1. The van der Waals surface area contributed by atoms with Gasteiger partial charge in [0.25, 0.3) is 0 Å². The maximum atomic E-state index is 11.4. The van der Waals surface area contributed by atoms with E-state index in [4.69, 9.17) is 0 Å². The van der Waals surface area contributed by atoms with Gasteiger partial charge in [0.05, 0.1) is 6.04 Å². The second kappa shape index (κ2) is 3.25. The molecule has 0 aromatic heterocycles. The zero-order valence-electron chi connectivity index (χ0n) is 7.29. The molecule has 1 aliphatic heterocycles. The summed E-state index contributed by atoms with van der Waals surface area (Å²) >= 11 is 2.31. The Bertz CT molecular complexity index is 207. The summed E-state index contributed by atoms with van der Waals surface area (Å²) in [5.74, 6) is 1.86. The molecule has 1 aliphatic carbocycles. The number of Topliss-reactive ketones (excluding diaryl/α,β-unsaturated/α-hetero) is 1. The number of hydrogen-bond acceptors (Lipinski definition) is 2. The fraction of sp³-hybridized carbons (Fsp3) is 0.889. The molecular formula is C9H14INO. The first-order chi connectivity index (χ1) is 5.70. The van der Waals surface area contributed by atoms with Crippen molar-refractivity contribution in [3.63, 3.8) is 0 Å². The lowest BCUT2D eigenvalue weighted by molar-refractivity contribution is -0.120. The van der Waals surface area contributed by atoms with Gasteiger partial charge in [-0.15, -0.1) is 0 Å². The molecule has 2 aliphatic rings. The fourth-order valence-electron chi connectivity index (χ4n) is 2.75. The third-order valence-electron chi connectivity index (χ3n) is 3.25. The monoisotopic (exact) mass is 279 g/mol. The Morgan fingerprint density at radius 1 is 1.50 bits per heavy atom. The van der Waals surface area contributed by atoms with E-state index in [0.29, 0.717) is 11.7 Å². The lowest BCUT2D eigenvalue weighted by atomic mass is 9.92. The molecule has 0 aromatic rings. The molecule has 0 N–H and O–H groups in total. The molecule has 0 aromatic carbocycles. The van der Waals surface area contributed by atoms with E-state index >= 15 is 0 Å². The highest BCUT2D eigenvalue weighted by atomic mass is 127. The minimum Gasteiger partial charge on any atom is -0.298 e. The van der Waals surface area contributed by atoms with Crippen LogP contribution < -0.4 is 0 Å². The molecule has 3 atom stereocenters. The number of hydrogen-bond donors (Lipinski definition) is 0. The Labute approximate surface area is 87.2 Å². The summed E-state index contributed by atoms with van der Waals surface area (Å²) in [4.78, 5) is 11.4. The standard InChI is InChI=1S/C9H14INO/c1-6(12)9-8-4-2-3-7(8)5-11(9)10/h7-9H,2-5H2,1H3/t7-,8-,9+/m0/s1. The summed E-state index contributed by atoms with van der Waals surface area (Å²) in [7, 11) is 0. The summed E-state index contributed by atoms with van der Waals surface area (Å²) in [5, 5.41) is 0. The van der Waals surface area contributed by atoms with Crippen molar-refractivity contribution >= 4 is 28.6 Å². The van der Waals surface area contributed by atoms with Crippen LogP contribution in [-0.2, 0) is 4.79 Å². The van der Waals surface area contributed by atoms with Gasteiger partial charge in [-0.1, -0.05) is 6.42 Å². The second-order valence-corrected chi connectivity index (χ2v) is 5.23. The van der Waals surface area contributed by atoms with Crippen LogP contribution in [0.2, 0.25) is 0 Å². The third kappa shape index (κ3) is 1.31. The lowest BCUT2D eigenvalue weighted by Crippen LogP contribution is -2.31. The van der Waals surface area contributed by atoms with E-state index in [0.717, 1.165) is 12.5 Å². The molecule has 0 amide bonds. The molecule has 2 fully saturated rings. The molecular weight excluding hydrogens is 265 g/mol. The molecule has 1 saturated heterocycles. The molecule has 1 heterocycles. The van der Waals surface area contributed by atoms with E-state index < -0.39 is 0 Å². The van der Waals surface area contributed by atoms with Crippen molar-refractivity contribution in [1.82, 2.24) is 3.11 Å². The maximum absolute atomic E-state index is 11.4. The van der Waals surface area contributed by atoms with Gasteiger partial charge >= 0.3 is 0 Å². The number of carbonyl (C=O) groups excluding carboxylic acids is 1. The van der Waals surface area contributed by atoms with Crippen molar-refractivity contribution in [3.05, 3.63) is 0 Å². The largest absolute Gasteiger partial charge is 0.298 e. The predicted octanol–water partition coefficient (Wildman–Crippen LogP) is 2.03. The van der Waals surface area contributed by atoms with Crippen molar-refractivity contribution in [1.29, 1.82) is 0 Å². The predicted molar refractivity (Wildman–Crippen MR) is 56.0 cm³/mol. The van der Waals surface area contributed by atoms with Gasteiger partial charge in [-0.2, -0.15) is 0 Å². The highest BCUT2D eigenvalue weighted by molar-refractivity contribution is 14.1. The summed E-state index contributed by atoms with van der Waals surface area (Å²) in [6.45, 7) is 2.87. The second-order valence-electron chi connectivity index (χ2n) is 3.99. The highest BCUT2D eigenvalue weighted by Crippen LogP contribution is 2.43. The molecule has 2 rings (SSSR count). The number of halogens is 1. The zero-order chi connectivity index (χ0) is 8.72. The van der Waals surface area contributed by atoms with Gasteiger partial charge in [-0.3, -0.25) is 4.79 Å². The SMILES string of the molecule is CC(=O)[C@@H]1[C@H]2CCC[C@H]2CN1I. The fourth-order valence-corrected chi connectivity index (χ4v) is 4.06. The van der Waals surface area contributed by atoms with Crippen LogP contribution >= 0.6 is 22.9 Å². The van der Waals surface area contributed by atoms with Crippen LogP contribution in [0.5, 0.6) is 0 Å². The summed E-state index contributed by atoms with van der Waals surface area (Å²) in [6.07, 6.45) is 3.95. The highest BCUT2D eigenvalue weighted by Gasteiger charge is 2.45. The first kappa shape index (κ1) is 8.94. The van der Waals surface area contributed by atoms with Crippen molar-refractivity contribution in [2.75, 3.05) is 6.54 Å². The minimum absolute atomic E-state index is 0.234. The number of rotatable bonds is 1. The van der Waals surface area contributed by atoms with Crippen LogP contribution in [0.3, 0.4) is 0 Å². The van der Waals surface area contributed by atoms with Crippen LogP contribution in [0.4, 0.5) is 0 Å². The Hall–Kier alpha value is 0.360. The smallest absolute Gasteiger partial charge is 0.147 e. The van der Waals surface area contributed by atoms with Gasteiger partial charge in [0.2, 0.25) is 0 Å². The van der Waals surface area contributed by atoms with Gasteiger partial charge < -0.3 is 0 Å². The van der Waals surface area contributed by atoms with Crippen LogP contribution in [0.15, 0.2) is 0 Å². The van der Waals surface area contributed by atoms with Crippen molar-refractivity contribution < 1.29 is 4.79 Å². The number of nitrogens with zero attached hydrogens (tertiary/aromatic N) is 1. The Balaban J connectivity index is 2.15. The van der Waals surface area contributed by atoms with Crippen LogP contribution in [-0.4, -0.2) is 21.5 Å². The van der Waals surface area contributed by atoms with Crippen molar-refractivity contribution in [2.45, 2.75) is 32.2 Å². The Morgan fingerprint density at radius 2 is 2.25 bits per heavy atom. The Kier molecular flexibility index (Phi) is 2.42. The first-order valence-corrected chi connectivity index (χ1v) is 5.59. The summed E-state index contributed by atoms with van der Waals surface area (Å²) < 4.78 is 2.22. The first-order valence-electron chi connectivity index (χ1n) is 4.63. The van der Waals surface area contributed by atoms with E-state index in [1.807, 2.05) is 0 Å². The molecule has 3 heteroatoms. The molecule has 0 unspecified atom stereocenters.